The number of morpholine rings is 1. The summed E-state index contributed by atoms with van der Waals surface area (Å²) in [7, 11) is 0. The molecule has 0 aromatic heterocycles. The molecule has 5 nitrogen and oxygen atoms in total. The lowest BCUT2D eigenvalue weighted by molar-refractivity contribution is -0.0705. The summed E-state index contributed by atoms with van der Waals surface area (Å²) >= 11 is 0. The summed E-state index contributed by atoms with van der Waals surface area (Å²) in [6.07, 6.45) is 0.443. The van der Waals surface area contributed by atoms with Crippen LogP contribution in [0.4, 0.5) is 0 Å². The number of hydrogen-bond acceptors (Lipinski definition) is 4. The lowest BCUT2D eigenvalue weighted by Crippen LogP contribution is -2.45. The fourth-order valence-corrected chi connectivity index (χ4v) is 2.61. The Balaban J connectivity index is 2.12. The first-order valence-electron chi connectivity index (χ1n) is 6.56. The van der Waals surface area contributed by atoms with Gasteiger partial charge in [-0.05, 0) is 25.5 Å². The van der Waals surface area contributed by atoms with E-state index in [0.717, 1.165) is 25.2 Å². The number of amides is 1. The summed E-state index contributed by atoms with van der Waals surface area (Å²) in [5, 5.41) is 0. The van der Waals surface area contributed by atoms with Gasteiger partial charge in [-0.15, -0.1) is 0 Å². The average molecular weight is 263 g/mol. The van der Waals surface area contributed by atoms with Crippen LogP contribution >= 0.6 is 0 Å². The van der Waals surface area contributed by atoms with Crippen molar-refractivity contribution < 1.29 is 9.53 Å². The molecular formula is C14H21N3O2. The predicted octanol–water partition coefficient (Wildman–Crippen LogP) is 0.899. The van der Waals surface area contributed by atoms with E-state index < -0.39 is 0 Å². The average Bonchev–Trinajstić information content (AvgIpc) is 2.37. The van der Waals surface area contributed by atoms with Crippen molar-refractivity contribution in [2.45, 2.75) is 32.6 Å². The summed E-state index contributed by atoms with van der Waals surface area (Å²) in [6.45, 7) is 6.63. The van der Waals surface area contributed by atoms with E-state index >= 15 is 0 Å². The van der Waals surface area contributed by atoms with Crippen LogP contribution in [0.3, 0.4) is 0 Å². The van der Waals surface area contributed by atoms with Gasteiger partial charge in [-0.1, -0.05) is 18.2 Å². The SMILES string of the molecule is C[C@@H]1CN(Cc2ccccc2C(=O)NN)C[C@H](C)O1. The second-order valence-electron chi connectivity index (χ2n) is 5.08. The van der Waals surface area contributed by atoms with Gasteiger partial charge in [0, 0.05) is 25.2 Å². The second kappa shape index (κ2) is 6.14. The molecule has 1 fully saturated rings. The van der Waals surface area contributed by atoms with Gasteiger partial charge in [-0.2, -0.15) is 0 Å². The molecule has 0 spiro atoms. The van der Waals surface area contributed by atoms with Crippen molar-refractivity contribution in [3.8, 4) is 0 Å². The highest BCUT2D eigenvalue weighted by Crippen LogP contribution is 2.16. The lowest BCUT2D eigenvalue weighted by Gasteiger charge is -2.35. The van der Waals surface area contributed by atoms with Crippen LogP contribution in [0.15, 0.2) is 24.3 Å². The van der Waals surface area contributed by atoms with Crippen LogP contribution in [0.1, 0.15) is 29.8 Å². The second-order valence-corrected chi connectivity index (χ2v) is 5.08. The van der Waals surface area contributed by atoms with Crippen molar-refractivity contribution in [1.29, 1.82) is 0 Å². The van der Waals surface area contributed by atoms with Crippen molar-refractivity contribution >= 4 is 5.91 Å². The summed E-state index contributed by atoms with van der Waals surface area (Å²) in [5.74, 6) is 4.97. The van der Waals surface area contributed by atoms with Gasteiger partial charge >= 0.3 is 0 Å². The third-order valence-corrected chi connectivity index (χ3v) is 3.28. The number of hydrogen-bond donors (Lipinski definition) is 2. The van der Waals surface area contributed by atoms with Gasteiger partial charge in [0.2, 0.25) is 0 Å². The number of rotatable bonds is 3. The monoisotopic (exact) mass is 263 g/mol. The van der Waals surface area contributed by atoms with Gasteiger partial charge < -0.3 is 4.74 Å². The number of hydrazine groups is 1. The number of ether oxygens (including phenoxy) is 1. The maximum absolute atomic E-state index is 11.7. The van der Waals surface area contributed by atoms with E-state index in [1.165, 1.54) is 0 Å². The van der Waals surface area contributed by atoms with Crippen LogP contribution < -0.4 is 11.3 Å². The molecule has 1 aliphatic heterocycles. The molecule has 1 amide bonds. The van der Waals surface area contributed by atoms with E-state index in [4.69, 9.17) is 10.6 Å². The molecule has 19 heavy (non-hydrogen) atoms. The molecule has 104 valence electrons. The third-order valence-electron chi connectivity index (χ3n) is 3.28. The number of carbonyl (C=O) groups is 1. The van der Waals surface area contributed by atoms with Crippen LogP contribution in [-0.2, 0) is 11.3 Å². The van der Waals surface area contributed by atoms with Gasteiger partial charge in [-0.25, -0.2) is 5.84 Å². The van der Waals surface area contributed by atoms with Gasteiger partial charge in [0.25, 0.3) is 5.91 Å². The molecule has 1 saturated heterocycles. The topological polar surface area (TPSA) is 67.6 Å². The molecule has 0 saturated carbocycles. The van der Waals surface area contributed by atoms with E-state index in [0.29, 0.717) is 5.56 Å². The minimum absolute atomic E-state index is 0.222. The number of nitrogen functional groups attached to an aromatic ring is 1. The largest absolute Gasteiger partial charge is 0.373 e. The van der Waals surface area contributed by atoms with Crippen molar-refractivity contribution in [3.05, 3.63) is 35.4 Å². The van der Waals surface area contributed by atoms with Crippen molar-refractivity contribution in [1.82, 2.24) is 10.3 Å². The maximum atomic E-state index is 11.7. The van der Waals surface area contributed by atoms with Gasteiger partial charge in [0.1, 0.15) is 0 Å². The van der Waals surface area contributed by atoms with Gasteiger partial charge in [0.05, 0.1) is 12.2 Å². The summed E-state index contributed by atoms with van der Waals surface area (Å²) < 4.78 is 5.71. The van der Waals surface area contributed by atoms with E-state index in [2.05, 4.69) is 24.2 Å². The Morgan fingerprint density at radius 3 is 2.63 bits per heavy atom. The fourth-order valence-electron chi connectivity index (χ4n) is 2.61. The zero-order chi connectivity index (χ0) is 13.8. The molecule has 1 aromatic carbocycles. The predicted molar refractivity (Wildman–Crippen MR) is 73.4 cm³/mol. The highest BCUT2D eigenvalue weighted by Gasteiger charge is 2.23. The minimum atomic E-state index is -0.245. The van der Waals surface area contributed by atoms with Crippen molar-refractivity contribution in [2.24, 2.45) is 5.84 Å². The van der Waals surface area contributed by atoms with E-state index in [1.807, 2.05) is 18.2 Å². The third kappa shape index (κ3) is 3.53. The van der Waals surface area contributed by atoms with Crippen LogP contribution in [-0.4, -0.2) is 36.1 Å². The lowest BCUT2D eigenvalue weighted by atomic mass is 10.1. The first-order valence-corrected chi connectivity index (χ1v) is 6.56. The minimum Gasteiger partial charge on any atom is -0.373 e. The molecule has 0 radical (unpaired) electrons. The van der Waals surface area contributed by atoms with Gasteiger partial charge in [-0.3, -0.25) is 15.1 Å². The molecule has 5 heteroatoms. The maximum Gasteiger partial charge on any atom is 0.265 e. The quantitative estimate of drug-likeness (QED) is 0.483. The zero-order valence-corrected chi connectivity index (χ0v) is 11.4. The van der Waals surface area contributed by atoms with Crippen LogP contribution in [0, 0.1) is 0 Å². The summed E-state index contributed by atoms with van der Waals surface area (Å²) in [4.78, 5) is 14.0. The van der Waals surface area contributed by atoms with Crippen LogP contribution in [0.5, 0.6) is 0 Å². The standard InChI is InChI=1S/C14H21N3O2/c1-10-7-17(8-11(2)19-10)9-12-5-3-4-6-13(12)14(18)16-15/h3-6,10-11H,7-9,15H2,1-2H3,(H,16,18)/t10-,11+. The summed E-state index contributed by atoms with van der Waals surface area (Å²) in [6, 6.07) is 7.55. The number of nitrogens with one attached hydrogen (secondary N) is 1. The van der Waals surface area contributed by atoms with Crippen LogP contribution in [0.25, 0.3) is 0 Å². The zero-order valence-electron chi connectivity index (χ0n) is 11.4. The normalized spacial score (nSPS) is 24.2. The Labute approximate surface area is 113 Å². The van der Waals surface area contributed by atoms with Crippen molar-refractivity contribution in [2.75, 3.05) is 13.1 Å². The molecule has 0 aliphatic carbocycles. The van der Waals surface area contributed by atoms with E-state index in [1.54, 1.807) is 6.07 Å². The number of benzene rings is 1. The Morgan fingerprint density at radius 2 is 2.00 bits per heavy atom. The molecule has 0 unspecified atom stereocenters. The number of carbonyl (C=O) groups excluding carboxylic acids is 1. The number of nitrogens with zero attached hydrogens (tertiary/aromatic N) is 1. The Kier molecular flexibility index (Phi) is 4.52. The first-order chi connectivity index (χ1) is 9.10. The van der Waals surface area contributed by atoms with Gasteiger partial charge in [0.15, 0.2) is 0 Å². The van der Waals surface area contributed by atoms with Crippen LogP contribution in [0.2, 0.25) is 0 Å². The molecule has 0 bridgehead atoms. The smallest absolute Gasteiger partial charge is 0.265 e. The molecular weight excluding hydrogens is 242 g/mol. The molecule has 1 aromatic rings. The Morgan fingerprint density at radius 1 is 1.37 bits per heavy atom. The highest BCUT2D eigenvalue weighted by molar-refractivity contribution is 5.95. The molecule has 1 aliphatic rings. The highest BCUT2D eigenvalue weighted by atomic mass is 16.5. The molecule has 1 heterocycles. The van der Waals surface area contributed by atoms with E-state index in [9.17, 15) is 4.79 Å². The van der Waals surface area contributed by atoms with E-state index in [-0.39, 0.29) is 18.1 Å². The Hall–Kier alpha value is -1.43. The summed E-state index contributed by atoms with van der Waals surface area (Å²) in [5.41, 5.74) is 3.82. The molecule has 3 N–H and O–H groups in total. The Bertz CT molecular complexity index is 440. The van der Waals surface area contributed by atoms with Crippen molar-refractivity contribution in [3.63, 3.8) is 0 Å². The first kappa shape index (κ1) is 14.0. The molecule has 2 rings (SSSR count). The number of nitrogens with two attached hydrogens (primary N) is 1. The fraction of sp³-hybridized carbons (Fsp3) is 0.500. The molecule has 2 atom stereocenters.